The van der Waals surface area contributed by atoms with Gasteiger partial charge >= 0.3 is 0 Å². The molecule has 2 aromatic carbocycles. The second kappa shape index (κ2) is 10.0. The van der Waals surface area contributed by atoms with Crippen molar-refractivity contribution in [3.63, 3.8) is 0 Å². The van der Waals surface area contributed by atoms with Gasteiger partial charge in [-0.1, -0.05) is 37.2 Å². The number of fused-ring (bicyclic) bond motifs is 2. The Balaban J connectivity index is 1.40. The average molecular weight is 436 g/mol. The molecule has 0 aromatic heterocycles. The fourth-order valence-electron chi connectivity index (χ4n) is 4.28. The van der Waals surface area contributed by atoms with Crippen molar-refractivity contribution >= 4 is 29.1 Å². The topological polar surface area (TPSA) is 44.7 Å². The molecule has 164 valence electrons. The van der Waals surface area contributed by atoms with Crippen LogP contribution in [0, 0.1) is 12.8 Å². The molecule has 0 unspecified atom stereocenters. The minimum atomic E-state index is -0.00841. The highest BCUT2D eigenvalue weighted by Gasteiger charge is 2.19. The van der Waals surface area contributed by atoms with Crippen molar-refractivity contribution in [2.75, 3.05) is 26.2 Å². The third-order valence-electron chi connectivity index (χ3n) is 6.29. The number of aliphatic imine (C=N–C) groups is 1. The molecule has 0 saturated carbocycles. The molecule has 4 rings (SSSR count). The van der Waals surface area contributed by atoms with Gasteiger partial charge in [0.05, 0.1) is 5.69 Å². The van der Waals surface area contributed by atoms with Crippen LogP contribution in [0.2, 0.25) is 0 Å². The fourth-order valence-corrected chi connectivity index (χ4v) is 5.28. The van der Waals surface area contributed by atoms with E-state index in [9.17, 15) is 4.79 Å². The van der Waals surface area contributed by atoms with Crippen molar-refractivity contribution < 1.29 is 4.79 Å². The minimum absolute atomic E-state index is 0.00841. The molecule has 31 heavy (non-hydrogen) atoms. The second-order valence-electron chi connectivity index (χ2n) is 8.83. The SMILES string of the molecule is CCC1=Nc2cc(C(=O)NCCCN3CCC(C)CC3)ccc2Sc2ccc(C)cc21. The van der Waals surface area contributed by atoms with Gasteiger partial charge in [-0.2, -0.15) is 0 Å². The number of piperidine rings is 1. The number of benzene rings is 2. The maximum atomic E-state index is 12.7. The third-order valence-corrected chi connectivity index (χ3v) is 7.43. The molecule has 0 bridgehead atoms. The van der Waals surface area contributed by atoms with Gasteiger partial charge in [-0.15, -0.1) is 0 Å². The molecule has 1 fully saturated rings. The van der Waals surface area contributed by atoms with Crippen LogP contribution in [0.15, 0.2) is 51.2 Å². The zero-order valence-corrected chi connectivity index (χ0v) is 19.7. The van der Waals surface area contributed by atoms with Gasteiger partial charge in [0.15, 0.2) is 0 Å². The molecular formula is C26H33N3OS. The summed E-state index contributed by atoms with van der Waals surface area (Å²) < 4.78 is 0. The highest BCUT2D eigenvalue weighted by molar-refractivity contribution is 7.99. The first kappa shape index (κ1) is 22.1. The lowest BCUT2D eigenvalue weighted by Gasteiger charge is -2.30. The van der Waals surface area contributed by atoms with Crippen molar-refractivity contribution in [1.29, 1.82) is 0 Å². The van der Waals surface area contributed by atoms with Crippen molar-refractivity contribution in [3.05, 3.63) is 53.1 Å². The lowest BCUT2D eigenvalue weighted by molar-refractivity contribution is 0.0950. The van der Waals surface area contributed by atoms with Crippen LogP contribution in [-0.4, -0.2) is 42.7 Å². The van der Waals surface area contributed by atoms with Crippen LogP contribution in [0.4, 0.5) is 5.69 Å². The number of likely N-dealkylation sites (tertiary alicyclic amines) is 1. The molecule has 1 amide bonds. The first-order valence-corrected chi connectivity index (χ1v) is 12.4. The fraction of sp³-hybridized carbons (Fsp3) is 0.462. The van der Waals surface area contributed by atoms with Crippen molar-refractivity contribution in [2.45, 2.75) is 56.2 Å². The van der Waals surface area contributed by atoms with Crippen molar-refractivity contribution in [2.24, 2.45) is 10.9 Å². The van der Waals surface area contributed by atoms with Crippen LogP contribution in [0.3, 0.4) is 0 Å². The summed E-state index contributed by atoms with van der Waals surface area (Å²) in [5, 5.41) is 3.10. The summed E-state index contributed by atoms with van der Waals surface area (Å²) in [5.41, 5.74) is 5.11. The van der Waals surface area contributed by atoms with Gasteiger partial charge in [0.1, 0.15) is 0 Å². The molecule has 2 aromatic rings. The van der Waals surface area contributed by atoms with Crippen molar-refractivity contribution in [1.82, 2.24) is 10.2 Å². The number of amides is 1. The number of hydrogen-bond donors (Lipinski definition) is 1. The predicted octanol–water partition coefficient (Wildman–Crippen LogP) is 5.84. The highest BCUT2D eigenvalue weighted by atomic mass is 32.2. The van der Waals surface area contributed by atoms with E-state index in [2.05, 4.69) is 49.2 Å². The monoisotopic (exact) mass is 435 g/mol. The van der Waals surface area contributed by atoms with Crippen LogP contribution >= 0.6 is 11.8 Å². The van der Waals surface area contributed by atoms with Crippen LogP contribution in [0.25, 0.3) is 0 Å². The normalized spacial score (nSPS) is 16.8. The molecule has 2 aliphatic heterocycles. The number of rotatable bonds is 6. The van der Waals surface area contributed by atoms with Gasteiger partial charge in [-0.25, -0.2) is 0 Å². The third kappa shape index (κ3) is 5.39. The second-order valence-corrected chi connectivity index (χ2v) is 9.91. The van der Waals surface area contributed by atoms with Crippen LogP contribution in [-0.2, 0) is 0 Å². The molecule has 0 radical (unpaired) electrons. The van der Waals surface area contributed by atoms with Crippen LogP contribution in [0.1, 0.15) is 61.0 Å². The van der Waals surface area contributed by atoms with E-state index in [1.807, 2.05) is 18.2 Å². The molecule has 0 atom stereocenters. The van der Waals surface area contributed by atoms with E-state index in [1.54, 1.807) is 11.8 Å². The summed E-state index contributed by atoms with van der Waals surface area (Å²) in [6.07, 6.45) is 4.45. The van der Waals surface area contributed by atoms with Crippen LogP contribution < -0.4 is 5.32 Å². The standard InChI is InChI=1S/C26H33N3OS/c1-4-22-21-16-19(3)6-8-24(21)31-25-9-7-20(17-23(25)28-22)26(30)27-12-5-13-29-14-10-18(2)11-15-29/h6-9,16-18H,4-5,10-15H2,1-3H3,(H,27,30). The number of carbonyl (C=O) groups is 1. The summed E-state index contributed by atoms with van der Waals surface area (Å²) in [7, 11) is 0. The average Bonchev–Trinajstić information content (AvgIpc) is 2.93. The van der Waals surface area contributed by atoms with Gasteiger partial charge in [0.2, 0.25) is 0 Å². The van der Waals surface area contributed by atoms with Gasteiger partial charge in [-0.05, 0) is 88.5 Å². The highest BCUT2D eigenvalue weighted by Crippen LogP contribution is 2.41. The number of nitrogens with zero attached hydrogens (tertiary/aromatic N) is 2. The van der Waals surface area contributed by atoms with E-state index in [1.165, 1.54) is 42.0 Å². The van der Waals surface area contributed by atoms with E-state index < -0.39 is 0 Å². The predicted molar refractivity (Wildman–Crippen MR) is 130 cm³/mol. The number of aryl methyl sites for hydroxylation is 1. The molecule has 2 heterocycles. The first-order chi connectivity index (χ1) is 15.0. The van der Waals surface area contributed by atoms with Gasteiger partial charge < -0.3 is 10.2 Å². The Morgan fingerprint density at radius 3 is 2.71 bits per heavy atom. The summed E-state index contributed by atoms with van der Waals surface area (Å²) in [6, 6.07) is 12.4. The maximum absolute atomic E-state index is 12.7. The molecule has 1 N–H and O–H groups in total. The van der Waals surface area contributed by atoms with Gasteiger partial charge in [-0.3, -0.25) is 9.79 Å². The first-order valence-electron chi connectivity index (χ1n) is 11.5. The maximum Gasteiger partial charge on any atom is 0.251 e. The Hall–Kier alpha value is -2.11. The van der Waals surface area contributed by atoms with Gasteiger partial charge in [0, 0.05) is 33.2 Å². The van der Waals surface area contributed by atoms with E-state index in [-0.39, 0.29) is 5.91 Å². The summed E-state index contributed by atoms with van der Waals surface area (Å²) in [6.45, 7) is 10.8. The molecule has 2 aliphatic rings. The number of hydrogen-bond acceptors (Lipinski definition) is 4. The molecule has 0 aliphatic carbocycles. The minimum Gasteiger partial charge on any atom is -0.352 e. The lowest BCUT2D eigenvalue weighted by atomic mass is 9.99. The van der Waals surface area contributed by atoms with E-state index in [0.29, 0.717) is 12.1 Å². The molecule has 0 spiro atoms. The van der Waals surface area contributed by atoms with E-state index in [0.717, 1.165) is 41.6 Å². The Kier molecular flexibility index (Phi) is 7.13. The van der Waals surface area contributed by atoms with Crippen LogP contribution in [0.5, 0.6) is 0 Å². The molecule has 4 nitrogen and oxygen atoms in total. The van der Waals surface area contributed by atoms with Gasteiger partial charge in [0.25, 0.3) is 5.91 Å². The zero-order valence-electron chi connectivity index (χ0n) is 18.9. The zero-order chi connectivity index (χ0) is 21.8. The Morgan fingerprint density at radius 1 is 1.16 bits per heavy atom. The Bertz CT molecular complexity index is 977. The summed E-state index contributed by atoms with van der Waals surface area (Å²) >= 11 is 1.74. The summed E-state index contributed by atoms with van der Waals surface area (Å²) in [5.74, 6) is 0.848. The number of nitrogens with one attached hydrogen (secondary N) is 1. The van der Waals surface area contributed by atoms with E-state index >= 15 is 0 Å². The molecule has 5 heteroatoms. The Morgan fingerprint density at radius 2 is 1.94 bits per heavy atom. The quantitative estimate of drug-likeness (QED) is 0.580. The van der Waals surface area contributed by atoms with E-state index in [4.69, 9.17) is 4.99 Å². The molecule has 1 saturated heterocycles. The largest absolute Gasteiger partial charge is 0.352 e. The molecular weight excluding hydrogens is 402 g/mol. The Labute approximate surface area is 190 Å². The lowest BCUT2D eigenvalue weighted by Crippen LogP contribution is -2.35. The smallest absolute Gasteiger partial charge is 0.251 e. The summed E-state index contributed by atoms with van der Waals surface area (Å²) in [4.78, 5) is 22.6. The number of carbonyl (C=O) groups excluding carboxylic acids is 1. The van der Waals surface area contributed by atoms with Crippen molar-refractivity contribution in [3.8, 4) is 0 Å².